The predicted octanol–water partition coefficient (Wildman–Crippen LogP) is 2.57. The highest BCUT2D eigenvalue weighted by atomic mass is 32.2. The Bertz CT molecular complexity index is 136. The first kappa shape index (κ1) is 9.40. The molecule has 0 aromatic rings. The molecule has 66 valence electrons. The van der Waals surface area contributed by atoms with Gasteiger partial charge in [-0.05, 0) is 27.2 Å². The van der Waals surface area contributed by atoms with Gasteiger partial charge in [-0.15, -0.1) is 11.8 Å². The third-order valence-corrected chi connectivity index (χ3v) is 4.16. The Hall–Kier alpha value is 0.310. The SMILES string of the molecule is CC[C@]1(C)SCCN1C(C)C. The van der Waals surface area contributed by atoms with Gasteiger partial charge in [-0.25, -0.2) is 0 Å². The largest absolute Gasteiger partial charge is 0.286 e. The molecule has 0 aromatic heterocycles. The lowest BCUT2D eigenvalue weighted by atomic mass is 10.1. The molecule has 0 aromatic carbocycles. The summed E-state index contributed by atoms with van der Waals surface area (Å²) in [6, 6.07) is 0.704. The topological polar surface area (TPSA) is 3.24 Å². The highest BCUT2D eigenvalue weighted by Crippen LogP contribution is 2.39. The highest BCUT2D eigenvalue weighted by molar-refractivity contribution is 8.00. The summed E-state index contributed by atoms with van der Waals surface area (Å²) in [7, 11) is 0. The maximum absolute atomic E-state index is 2.61. The third-order valence-electron chi connectivity index (χ3n) is 2.63. The molecule has 1 saturated heterocycles. The quantitative estimate of drug-likeness (QED) is 0.631. The normalized spacial score (nSPS) is 33.5. The van der Waals surface area contributed by atoms with Gasteiger partial charge in [0.1, 0.15) is 0 Å². The summed E-state index contributed by atoms with van der Waals surface area (Å²) >= 11 is 2.11. The standard InChI is InChI=1S/C9H19NS/c1-5-9(4)10(8(2)3)6-7-11-9/h8H,5-7H2,1-4H3/t9-/m0/s1. The van der Waals surface area contributed by atoms with E-state index in [1.54, 1.807) is 0 Å². The van der Waals surface area contributed by atoms with Crippen molar-refractivity contribution in [2.24, 2.45) is 0 Å². The summed E-state index contributed by atoms with van der Waals surface area (Å²) < 4.78 is 0. The van der Waals surface area contributed by atoms with Crippen LogP contribution in [0.25, 0.3) is 0 Å². The van der Waals surface area contributed by atoms with E-state index in [1.165, 1.54) is 18.7 Å². The van der Waals surface area contributed by atoms with E-state index in [0.29, 0.717) is 10.9 Å². The van der Waals surface area contributed by atoms with Gasteiger partial charge in [0.25, 0.3) is 0 Å². The lowest BCUT2D eigenvalue weighted by Crippen LogP contribution is -2.43. The fraction of sp³-hybridized carbons (Fsp3) is 1.00. The van der Waals surface area contributed by atoms with Crippen LogP contribution >= 0.6 is 11.8 Å². The Morgan fingerprint density at radius 1 is 1.55 bits per heavy atom. The van der Waals surface area contributed by atoms with Crippen LogP contribution in [0.15, 0.2) is 0 Å². The van der Waals surface area contributed by atoms with E-state index in [0.717, 1.165) is 0 Å². The lowest BCUT2D eigenvalue weighted by molar-refractivity contribution is 0.160. The van der Waals surface area contributed by atoms with E-state index in [4.69, 9.17) is 0 Å². The molecule has 0 bridgehead atoms. The monoisotopic (exact) mass is 173 g/mol. The summed E-state index contributed by atoms with van der Waals surface area (Å²) in [5.41, 5.74) is 0. The number of thioether (sulfide) groups is 1. The smallest absolute Gasteiger partial charge is 0.0641 e. The Balaban J connectivity index is 2.64. The van der Waals surface area contributed by atoms with Crippen LogP contribution < -0.4 is 0 Å². The van der Waals surface area contributed by atoms with E-state index in [-0.39, 0.29) is 0 Å². The lowest BCUT2D eigenvalue weighted by Gasteiger charge is -2.36. The molecule has 11 heavy (non-hydrogen) atoms. The molecule has 1 rings (SSSR count). The van der Waals surface area contributed by atoms with Crippen molar-refractivity contribution in [3.8, 4) is 0 Å². The Labute approximate surface area is 74.5 Å². The molecule has 1 atom stereocenters. The van der Waals surface area contributed by atoms with Crippen molar-refractivity contribution in [3.05, 3.63) is 0 Å². The average Bonchev–Trinajstić information content (AvgIpc) is 2.32. The summed E-state index contributed by atoms with van der Waals surface area (Å²) in [4.78, 5) is 3.03. The molecule has 0 saturated carbocycles. The zero-order valence-corrected chi connectivity index (χ0v) is 8.87. The van der Waals surface area contributed by atoms with Crippen LogP contribution in [0.4, 0.5) is 0 Å². The van der Waals surface area contributed by atoms with Crippen LogP contribution in [0.2, 0.25) is 0 Å². The Kier molecular flexibility index (Phi) is 2.87. The van der Waals surface area contributed by atoms with Crippen LogP contribution in [0, 0.1) is 0 Å². The van der Waals surface area contributed by atoms with E-state index >= 15 is 0 Å². The van der Waals surface area contributed by atoms with Gasteiger partial charge < -0.3 is 0 Å². The minimum atomic E-state index is 0.425. The zero-order chi connectivity index (χ0) is 8.48. The third kappa shape index (κ3) is 1.73. The molecule has 0 unspecified atom stereocenters. The first-order valence-corrected chi connectivity index (χ1v) is 5.49. The molecule has 0 N–H and O–H groups in total. The molecule has 0 aliphatic carbocycles. The molecule has 1 heterocycles. The van der Waals surface area contributed by atoms with Gasteiger partial charge in [0.15, 0.2) is 0 Å². The second kappa shape index (κ2) is 3.36. The van der Waals surface area contributed by atoms with Crippen molar-refractivity contribution >= 4 is 11.8 Å². The predicted molar refractivity (Wildman–Crippen MR) is 53.0 cm³/mol. The van der Waals surface area contributed by atoms with Crippen molar-refractivity contribution in [1.29, 1.82) is 0 Å². The summed E-state index contributed by atoms with van der Waals surface area (Å²) in [5, 5.41) is 0. The molecule has 1 aliphatic heterocycles. The van der Waals surface area contributed by atoms with Crippen LogP contribution in [-0.4, -0.2) is 28.1 Å². The fourth-order valence-corrected chi connectivity index (χ4v) is 3.19. The van der Waals surface area contributed by atoms with Crippen molar-refractivity contribution in [2.45, 2.75) is 45.0 Å². The molecule has 1 aliphatic rings. The molecule has 0 radical (unpaired) electrons. The number of hydrogen-bond acceptors (Lipinski definition) is 2. The molecule has 0 spiro atoms. The van der Waals surface area contributed by atoms with Gasteiger partial charge in [0.05, 0.1) is 4.87 Å². The second-order valence-electron chi connectivity index (χ2n) is 3.66. The van der Waals surface area contributed by atoms with Crippen molar-refractivity contribution in [3.63, 3.8) is 0 Å². The van der Waals surface area contributed by atoms with Gasteiger partial charge in [-0.3, -0.25) is 4.90 Å². The minimum Gasteiger partial charge on any atom is -0.286 e. The fourth-order valence-electron chi connectivity index (χ4n) is 1.79. The first-order valence-electron chi connectivity index (χ1n) is 4.51. The van der Waals surface area contributed by atoms with Gasteiger partial charge in [-0.2, -0.15) is 0 Å². The molecule has 1 fully saturated rings. The zero-order valence-electron chi connectivity index (χ0n) is 8.05. The van der Waals surface area contributed by atoms with E-state index in [1.807, 2.05) is 0 Å². The summed E-state index contributed by atoms with van der Waals surface area (Å²) in [6.07, 6.45) is 1.26. The van der Waals surface area contributed by atoms with Crippen LogP contribution in [0.1, 0.15) is 34.1 Å². The number of rotatable bonds is 2. The van der Waals surface area contributed by atoms with Gasteiger partial charge in [0, 0.05) is 18.3 Å². The molecule has 2 heteroatoms. The van der Waals surface area contributed by atoms with Gasteiger partial charge in [-0.1, -0.05) is 6.92 Å². The minimum absolute atomic E-state index is 0.425. The summed E-state index contributed by atoms with van der Waals surface area (Å²) in [5.74, 6) is 1.31. The molecular weight excluding hydrogens is 154 g/mol. The molecular formula is C9H19NS. The number of hydrogen-bond donors (Lipinski definition) is 0. The average molecular weight is 173 g/mol. The van der Waals surface area contributed by atoms with Crippen molar-refractivity contribution in [2.75, 3.05) is 12.3 Å². The first-order chi connectivity index (χ1) is 5.10. The van der Waals surface area contributed by atoms with Crippen LogP contribution in [-0.2, 0) is 0 Å². The van der Waals surface area contributed by atoms with Crippen LogP contribution in [0.3, 0.4) is 0 Å². The van der Waals surface area contributed by atoms with Gasteiger partial charge in [0.2, 0.25) is 0 Å². The molecule has 0 amide bonds. The Morgan fingerprint density at radius 2 is 2.18 bits per heavy atom. The second-order valence-corrected chi connectivity index (χ2v) is 5.24. The van der Waals surface area contributed by atoms with E-state index in [2.05, 4.69) is 44.4 Å². The summed E-state index contributed by atoms with van der Waals surface area (Å²) in [6.45, 7) is 10.5. The van der Waals surface area contributed by atoms with E-state index in [9.17, 15) is 0 Å². The Morgan fingerprint density at radius 3 is 2.55 bits per heavy atom. The maximum Gasteiger partial charge on any atom is 0.0641 e. The number of nitrogens with zero attached hydrogens (tertiary/aromatic N) is 1. The van der Waals surface area contributed by atoms with Crippen molar-refractivity contribution in [1.82, 2.24) is 4.90 Å². The maximum atomic E-state index is 2.61. The highest BCUT2D eigenvalue weighted by Gasteiger charge is 2.36. The van der Waals surface area contributed by atoms with E-state index < -0.39 is 0 Å². The van der Waals surface area contributed by atoms with Crippen LogP contribution in [0.5, 0.6) is 0 Å². The van der Waals surface area contributed by atoms with Crippen molar-refractivity contribution < 1.29 is 0 Å². The molecule has 1 nitrogen and oxygen atoms in total. The van der Waals surface area contributed by atoms with Gasteiger partial charge >= 0.3 is 0 Å².